The van der Waals surface area contributed by atoms with E-state index in [2.05, 4.69) is 6.92 Å². The summed E-state index contributed by atoms with van der Waals surface area (Å²) in [6, 6.07) is 0. The summed E-state index contributed by atoms with van der Waals surface area (Å²) in [5.74, 6) is 1.57. The fraction of sp³-hybridized carbons (Fsp3) is 0.857. The van der Waals surface area contributed by atoms with E-state index in [9.17, 15) is 4.79 Å². The van der Waals surface area contributed by atoms with Gasteiger partial charge in [0.1, 0.15) is 5.78 Å². The molecule has 0 N–H and O–H groups in total. The quantitative estimate of drug-likeness (QED) is 0.530. The second-order valence-corrected chi connectivity index (χ2v) is 2.62. The molecule has 0 saturated heterocycles. The van der Waals surface area contributed by atoms with Crippen molar-refractivity contribution in [1.82, 2.24) is 0 Å². The normalized spacial score (nSPS) is 34.8. The van der Waals surface area contributed by atoms with Crippen molar-refractivity contribution >= 4 is 5.78 Å². The van der Waals surface area contributed by atoms with E-state index >= 15 is 0 Å². The molecule has 1 unspecified atom stereocenters. The number of carbonyl (C=O) groups excluding carboxylic acids is 1. The lowest BCUT2D eigenvalue weighted by Gasteiger charge is -1.85. The molecule has 0 spiro atoms. The van der Waals surface area contributed by atoms with Gasteiger partial charge < -0.3 is 0 Å². The zero-order valence-corrected chi connectivity index (χ0v) is 5.48. The molecule has 1 fully saturated rings. The Labute approximate surface area is 50.1 Å². The van der Waals surface area contributed by atoms with Crippen molar-refractivity contribution < 1.29 is 4.79 Å². The molecule has 1 saturated carbocycles. The van der Waals surface area contributed by atoms with E-state index in [4.69, 9.17) is 0 Å². The Morgan fingerprint density at radius 1 is 1.75 bits per heavy atom. The summed E-state index contributed by atoms with van der Waals surface area (Å²) in [6.07, 6.45) is 2.34. The minimum absolute atomic E-state index is 0.386. The molecule has 0 heterocycles. The van der Waals surface area contributed by atoms with E-state index in [1.54, 1.807) is 6.92 Å². The van der Waals surface area contributed by atoms with Crippen LogP contribution in [0.3, 0.4) is 0 Å². The lowest BCUT2D eigenvalue weighted by Crippen LogP contribution is -1.93. The van der Waals surface area contributed by atoms with Gasteiger partial charge in [-0.1, -0.05) is 13.3 Å². The Kier molecular flexibility index (Phi) is 1.37. The van der Waals surface area contributed by atoms with Gasteiger partial charge >= 0.3 is 0 Å². The van der Waals surface area contributed by atoms with Crippen LogP contribution in [-0.2, 0) is 4.79 Å². The molecule has 1 nitrogen and oxygen atoms in total. The molecular weight excluding hydrogens is 100 g/mol. The molecule has 0 aromatic rings. The van der Waals surface area contributed by atoms with Crippen molar-refractivity contribution in [2.75, 3.05) is 0 Å². The highest BCUT2D eigenvalue weighted by Gasteiger charge is 2.38. The smallest absolute Gasteiger partial charge is 0.133 e. The average molecular weight is 112 g/mol. The van der Waals surface area contributed by atoms with E-state index in [-0.39, 0.29) is 0 Å². The Morgan fingerprint density at radius 3 is 2.50 bits per heavy atom. The molecule has 2 atom stereocenters. The van der Waals surface area contributed by atoms with Crippen LogP contribution in [0.4, 0.5) is 0 Å². The molecule has 1 rings (SSSR count). The summed E-state index contributed by atoms with van der Waals surface area (Å²) >= 11 is 0. The van der Waals surface area contributed by atoms with Gasteiger partial charge in [-0.25, -0.2) is 0 Å². The third kappa shape index (κ3) is 0.908. The molecule has 0 aromatic carbocycles. The monoisotopic (exact) mass is 112 g/mol. The van der Waals surface area contributed by atoms with Crippen molar-refractivity contribution in [3.63, 3.8) is 0 Å². The highest BCUT2D eigenvalue weighted by molar-refractivity contribution is 5.81. The molecular formula is C7H12O. The summed E-state index contributed by atoms with van der Waals surface area (Å²) in [7, 11) is 0. The first kappa shape index (κ1) is 5.80. The molecule has 0 radical (unpaired) electrons. The first-order chi connectivity index (χ1) is 3.75. The van der Waals surface area contributed by atoms with E-state index in [1.807, 2.05) is 0 Å². The van der Waals surface area contributed by atoms with Crippen LogP contribution in [0.1, 0.15) is 26.7 Å². The van der Waals surface area contributed by atoms with Gasteiger partial charge in [0.25, 0.3) is 0 Å². The standard InChI is InChI=1S/C7H12O/c1-3-6-4-7(6)5(2)8/h6-7H,3-4H2,1-2H3/t6?,7-/m1/s1. The maximum Gasteiger partial charge on any atom is 0.133 e. The third-order valence-corrected chi connectivity index (χ3v) is 1.97. The number of hydrogen-bond donors (Lipinski definition) is 0. The summed E-state index contributed by atoms with van der Waals surface area (Å²) < 4.78 is 0. The summed E-state index contributed by atoms with van der Waals surface area (Å²) in [4.78, 5) is 10.6. The molecule has 1 aliphatic carbocycles. The van der Waals surface area contributed by atoms with Gasteiger partial charge in [0, 0.05) is 5.92 Å². The molecule has 1 heteroatoms. The zero-order valence-electron chi connectivity index (χ0n) is 5.48. The van der Waals surface area contributed by atoms with Gasteiger partial charge in [-0.15, -0.1) is 0 Å². The van der Waals surface area contributed by atoms with Crippen molar-refractivity contribution in [1.29, 1.82) is 0 Å². The lowest BCUT2D eigenvalue weighted by molar-refractivity contribution is -0.118. The first-order valence-electron chi connectivity index (χ1n) is 3.26. The Bertz CT molecular complexity index is 107. The van der Waals surface area contributed by atoms with Crippen LogP contribution >= 0.6 is 0 Å². The Balaban J connectivity index is 2.26. The predicted octanol–water partition coefficient (Wildman–Crippen LogP) is 1.62. The Morgan fingerprint density at radius 2 is 2.38 bits per heavy atom. The largest absolute Gasteiger partial charge is 0.300 e. The van der Waals surface area contributed by atoms with Crippen molar-refractivity contribution in [3.8, 4) is 0 Å². The van der Waals surface area contributed by atoms with Gasteiger partial charge in [-0.05, 0) is 19.3 Å². The minimum Gasteiger partial charge on any atom is -0.300 e. The second-order valence-electron chi connectivity index (χ2n) is 2.62. The molecule has 0 amide bonds. The fourth-order valence-electron chi connectivity index (χ4n) is 1.20. The average Bonchev–Trinajstić information content (AvgIpc) is 2.42. The van der Waals surface area contributed by atoms with Crippen molar-refractivity contribution in [2.24, 2.45) is 11.8 Å². The second kappa shape index (κ2) is 1.88. The van der Waals surface area contributed by atoms with E-state index in [0.29, 0.717) is 11.7 Å². The number of carbonyl (C=O) groups is 1. The molecule has 0 aromatic heterocycles. The molecule has 0 bridgehead atoms. The number of Topliss-reactive ketones (excluding diaryl/α,β-unsaturated/α-hetero) is 1. The minimum atomic E-state index is 0.386. The zero-order chi connectivity index (χ0) is 6.15. The number of rotatable bonds is 2. The van der Waals surface area contributed by atoms with Crippen LogP contribution in [-0.4, -0.2) is 5.78 Å². The topological polar surface area (TPSA) is 17.1 Å². The summed E-state index contributed by atoms with van der Waals surface area (Å²) in [6.45, 7) is 3.84. The van der Waals surface area contributed by atoms with Crippen LogP contribution in [0, 0.1) is 11.8 Å². The molecule has 1 aliphatic rings. The fourth-order valence-corrected chi connectivity index (χ4v) is 1.20. The van der Waals surface area contributed by atoms with Crippen LogP contribution in [0.15, 0.2) is 0 Å². The van der Waals surface area contributed by atoms with Gasteiger partial charge in [-0.2, -0.15) is 0 Å². The molecule has 0 aliphatic heterocycles. The molecule has 46 valence electrons. The number of ketones is 1. The molecule has 8 heavy (non-hydrogen) atoms. The summed E-state index contributed by atoms with van der Waals surface area (Å²) in [5, 5.41) is 0. The maximum atomic E-state index is 10.6. The number of hydrogen-bond acceptors (Lipinski definition) is 1. The van der Waals surface area contributed by atoms with Gasteiger partial charge in [-0.3, -0.25) is 4.79 Å². The third-order valence-electron chi connectivity index (χ3n) is 1.97. The van der Waals surface area contributed by atoms with Crippen molar-refractivity contribution in [3.05, 3.63) is 0 Å². The SMILES string of the molecule is CCC1C[C@@H]1C(C)=O. The van der Waals surface area contributed by atoms with Gasteiger partial charge in [0.15, 0.2) is 0 Å². The van der Waals surface area contributed by atoms with Gasteiger partial charge in [0.05, 0.1) is 0 Å². The van der Waals surface area contributed by atoms with Crippen LogP contribution in [0.2, 0.25) is 0 Å². The Hall–Kier alpha value is -0.330. The van der Waals surface area contributed by atoms with E-state index in [1.165, 1.54) is 6.42 Å². The van der Waals surface area contributed by atoms with Gasteiger partial charge in [0.2, 0.25) is 0 Å². The maximum absolute atomic E-state index is 10.6. The highest BCUT2D eigenvalue weighted by atomic mass is 16.1. The van der Waals surface area contributed by atoms with Crippen LogP contribution < -0.4 is 0 Å². The van der Waals surface area contributed by atoms with E-state index < -0.39 is 0 Å². The predicted molar refractivity (Wildman–Crippen MR) is 32.6 cm³/mol. The summed E-state index contributed by atoms with van der Waals surface area (Å²) in [5.41, 5.74) is 0. The highest BCUT2D eigenvalue weighted by Crippen LogP contribution is 2.41. The van der Waals surface area contributed by atoms with E-state index in [0.717, 1.165) is 12.3 Å². The van der Waals surface area contributed by atoms with Crippen molar-refractivity contribution in [2.45, 2.75) is 26.7 Å². The lowest BCUT2D eigenvalue weighted by atomic mass is 10.2. The van der Waals surface area contributed by atoms with Crippen LogP contribution in [0.5, 0.6) is 0 Å². The first-order valence-corrected chi connectivity index (χ1v) is 3.26. The van der Waals surface area contributed by atoms with Crippen LogP contribution in [0.25, 0.3) is 0 Å².